The molecule has 1 aromatic carbocycles. The number of nitrogens with zero attached hydrogens (tertiary/aromatic N) is 1. The van der Waals surface area contributed by atoms with Gasteiger partial charge in [0, 0.05) is 24.7 Å². The van der Waals surface area contributed by atoms with Crippen LogP contribution in [0.3, 0.4) is 0 Å². The summed E-state index contributed by atoms with van der Waals surface area (Å²) in [5, 5.41) is 0. The fraction of sp³-hybridized carbons (Fsp3) is 0.529. The maximum atomic E-state index is 12.3. The molecule has 1 aromatic rings. The molecule has 1 amide bonds. The molecule has 2 rings (SSSR count). The van der Waals surface area contributed by atoms with Gasteiger partial charge in [-0.2, -0.15) is 0 Å². The Hall–Kier alpha value is -1.04. The Kier molecular flexibility index (Phi) is 7.58. The highest BCUT2D eigenvalue weighted by Gasteiger charge is 2.35. The fourth-order valence-electron chi connectivity index (χ4n) is 2.62. The van der Waals surface area contributed by atoms with E-state index in [1.54, 1.807) is 12.1 Å². The number of ketones is 1. The van der Waals surface area contributed by atoms with Gasteiger partial charge in [0.25, 0.3) is 0 Å². The molecule has 0 aromatic heterocycles. The van der Waals surface area contributed by atoms with Gasteiger partial charge in [-0.05, 0) is 11.8 Å². The maximum absolute atomic E-state index is 12.3. The van der Waals surface area contributed by atoms with Gasteiger partial charge >= 0.3 is 0 Å². The summed E-state index contributed by atoms with van der Waals surface area (Å²) in [6, 6.07) is 9.34. The van der Waals surface area contributed by atoms with Gasteiger partial charge in [0.15, 0.2) is 5.78 Å². The molecule has 1 unspecified atom stereocenters. The largest absolute Gasteiger partial charge is 0.341 e. The number of halogens is 1. The number of likely N-dealkylation sites (tertiary alicyclic amines) is 1. The van der Waals surface area contributed by atoms with Crippen molar-refractivity contribution in [3.63, 3.8) is 0 Å². The van der Waals surface area contributed by atoms with Crippen molar-refractivity contribution in [3.05, 3.63) is 35.9 Å². The van der Waals surface area contributed by atoms with Gasteiger partial charge < -0.3 is 10.6 Å². The fourth-order valence-corrected chi connectivity index (χ4v) is 3.43. The van der Waals surface area contributed by atoms with E-state index in [-0.39, 0.29) is 35.6 Å². The van der Waals surface area contributed by atoms with Crippen molar-refractivity contribution < 1.29 is 9.59 Å². The number of Topliss-reactive ketones (excluding diaryl/α,β-unsaturated/α-hetero) is 1. The molecule has 1 aliphatic rings. The summed E-state index contributed by atoms with van der Waals surface area (Å²) in [7, 11) is 0. The summed E-state index contributed by atoms with van der Waals surface area (Å²) >= 11 is 1.39. The number of benzene rings is 1. The van der Waals surface area contributed by atoms with E-state index in [1.807, 2.05) is 23.1 Å². The average molecular weight is 357 g/mol. The second-order valence-electron chi connectivity index (χ2n) is 6.48. The molecule has 2 N–H and O–H groups in total. The topological polar surface area (TPSA) is 63.4 Å². The van der Waals surface area contributed by atoms with Crippen molar-refractivity contribution in [2.24, 2.45) is 11.1 Å². The van der Waals surface area contributed by atoms with E-state index in [0.717, 1.165) is 13.0 Å². The van der Waals surface area contributed by atoms with Crippen molar-refractivity contribution in [1.82, 2.24) is 4.90 Å². The van der Waals surface area contributed by atoms with Crippen molar-refractivity contribution in [1.29, 1.82) is 0 Å². The summed E-state index contributed by atoms with van der Waals surface area (Å²) in [4.78, 5) is 26.1. The molecule has 0 aliphatic carbocycles. The highest BCUT2D eigenvalue weighted by atomic mass is 35.5. The number of carbonyl (C=O) groups is 2. The Balaban J connectivity index is 0.00000264. The van der Waals surface area contributed by atoms with Crippen LogP contribution < -0.4 is 5.73 Å². The number of hydrogen-bond donors (Lipinski definition) is 1. The number of rotatable bonds is 5. The number of piperidine rings is 1. The first kappa shape index (κ1) is 20.0. The van der Waals surface area contributed by atoms with Gasteiger partial charge in [0.2, 0.25) is 5.91 Å². The van der Waals surface area contributed by atoms with Crippen molar-refractivity contribution in [2.75, 3.05) is 24.6 Å². The summed E-state index contributed by atoms with van der Waals surface area (Å²) < 4.78 is 0. The van der Waals surface area contributed by atoms with Gasteiger partial charge in [0.05, 0.1) is 11.5 Å². The first-order valence-corrected chi connectivity index (χ1v) is 8.75. The van der Waals surface area contributed by atoms with E-state index in [0.29, 0.717) is 23.6 Å². The van der Waals surface area contributed by atoms with E-state index in [2.05, 4.69) is 13.8 Å². The Morgan fingerprint density at radius 2 is 1.91 bits per heavy atom. The predicted octanol–water partition coefficient (Wildman–Crippen LogP) is 2.61. The van der Waals surface area contributed by atoms with Crippen LogP contribution in [0.5, 0.6) is 0 Å². The molecule has 0 radical (unpaired) electrons. The Bertz CT molecular complexity index is 537. The summed E-state index contributed by atoms with van der Waals surface area (Å²) in [6.45, 7) is 5.61. The van der Waals surface area contributed by atoms with Crippen LogP contribution in [0.15, 0.2) is 30.3 Å². The number of nitrogens with two attached hydrogens (primary N) is 1. The summed E-state index contributed by atoms with van der Waals surface area (Å²) in [5.41, 5.74) is 6.75. The smallest absolute Gasteiger partial charge is 0.232 e. The Labute approximate surface area is 148 Å². The molecule has 0 saturated carbocycles. The lowest BCUT2D eigenvalue weighted by Gasteiger charge is -2.42. The number of thioether (sulfide) groups is 1. The first-order valence-electron chi connectivity index (χ1n) is 7.59. The highest BCUT2D eigenvalue weighted by molar-refractivity contribution is 8.00. The van der Waals surface area contributed by atoms with Crippen molar-refractivity contribution >= 4 is 35.9 Å². The van der Waals surface area contributed by atoms with E-state index >= 15 is 0 Å². The summed E-state index contributed by atoms with van der Waals surface area (Å²) in [6.07, 6.45) is 0.840. The van der Waals surface area contributed by atoms with Crippen LogP contribution >= 0.6 is 24.2 Å². The molecule has 0 bridgehead atoms. The molecule has 1 atom stereocenters. The highest BCUT2D eigenvalue weighted by Crippen LogP contribution is 2.28. The molecule has 1 aliphatic heterocycles. The third-order valence-corrected chi connectivity index (χ3v) is 5.14. The monoisotopic (exact) mass is 356 g/mol. The second-order valence-corrected chi connectivity index (χ2v) is 7.47. The third kappa shape index (κ3) is 5.52. The quantitative estimate of drug-likeness (QED) is 0.824. The molecule has 1 fully saturated rings. The Morgan fingerprint density at radius 3 is 2.52 bits per heavy atom. The van der Waals surface area contributed by atoms with Crippen LogP contribution in [-0.4, -0.2) is 47.2 Å². The minimum Gasteiger partial charge on any atom is -0.341 e. The first-order chi connectivity index (χ1) is 10.4. The lowest BCUT2D eigenvalue weighted by Crippen LogP contribution is -2.54. The van der Waals surface area contributed by atoms with E-state index in [9.17, 15) is 9.59 Å². The maximum Gasteiger partial charge on any atom is 0.232 e. The van der Waals surface area contributed by atoms with Gasteiger partial charge in [-0.3, -0.25) is 9.59 Å². The molecule has 23 heavy (non-hydrogen) atoms. The zero-order valence-corrected chi connectivity index (χ0v) is 15.3. The molecular formula is C17H25ClN2O2S. The van der Waals surface area contributed by atoms with Crippen molar-refractivity contribution in [2.45, 2.75) is 26.3 Å². The molecule has 128 valence electrons. The number of amides is 1. The van der Waals surface area contributed by atoms with Gasteiger partial charge in [-0.1, -0.05) is 44.2 Å². The third-order valence-electron chi connectivity index (χ3n) is 4.22. The lowest BCUT2D eigenvalue weighted by atomic mass is 9.80. The number of hydrogen-bond acceptors (Lipinski definition) is 4. The predicted molar refractivity (Wildman–Crippen MR) is 98.3 cm³/mol. The summed E-state index contributed by atoms with van der Waals surface area (Å²) in [5.74, 6) is 0.862. The number of carbonyl (C=O) groups excluding carboxylic acids is 2. The van der Waals surface area contributed by atoms with Crippen LogP contribution in [0.25, 0.3) is 0 Å². The standard InChI is InChI=1S/C17H24N2O2S.ClH/c1-17(2)12-19(9-8-15(17)18)16(21)11-22-10-14(20)13-6-4-3-5-7-13;/h3-7,15H,8-12,18H2,1-2H3;1H. The van der Waals surface area contributed by atoms with Gasteiger partial charge in [-0.15, -0.1) is 24.2 Å². The molecule has 4 nitrogen and oxygen atoms in total. The van der Waals surface area contributed by atoms with Crippen molar-refractivity contribution in [3.8, 4) is 0 Å². The lowest BCUT2D eigenvalue weighted by molar-refractivity contribution is -0.131. The van der Waals surface area contributed by atoms with E-state index < -0.39 is 0 Å². The Morgan fingerprint density at radius 1 is 1.26 bits per heavy atom. The van der Waals surface area contributed by atoms with Crippen LogP contribution in [0.2, 0.25) is 0 Å². The average Bonchev–Trinajstić information content (AvgIpc) is 2.50. The van der Waals surface area contributed by atoms with Crippen LogP contribution in [0, 0.1) is 5.41 Å². The van der Waals surface area contributed by atoms with Gasteiger partial charge in [0.1, 0.15) is 0 Å². The van der Waals surface area contributed by atoms with E-state index in [1.165, 1.54) is 11.8 Å². The normalized spacial score (nSPS) is 19.8. The SMILES string of the molecule is CC1(C)CN(C(=O)CSCC(=O)c2ccccc2)CCC1N.Cl. The zero-order valence-electron chi connectivity index (χ0n) is 13.7. The van der Waals surface area contributed by atoms with Crippen LogP contribution in [0.4, 0.5) is 0 Å². The molecule has 6 heteroatoms. The minimum absolute atomic E-state index is 0. The molecule has 1 heterocycles. The van der Waals surface area contributed by atoms with Crippen LogP contribution in [-0.2, 0) is 4.79 Å². The molecular weight excluding hydrogens is 332 g/mol. The molecule has 1 saturated heterocycles. The van der Waals surface area contributed by atoms with Crippen LogP contribution in [0.1, 0.15) is 30.6 Å². The minimum atomic E-state index is -0.0432. The second kappa shape index (κ2) is 8.71. The zero-order chi connectivity index (χ0) is 16.2. The van der Waals surface area contributed by atoms with Gasteiger partial charge in [-0.25, -0.2) is 0 Å². The molecule has 0 spiro atoms. The van der Waals surface area contributed by atoms with E-state index in [4.69, 9.17) is 5.73 Å².